The molecule has 0 aliphatic heterocycles. The lowest BCUT2D eigenvalue weighted by Gasteiger charge is -2.19. The smallest absolute Gasteiger partial charge is 0.238 e. The Morgan fingerprint density at radius 2 is 1.94 bits per heavy atom. The number of aliphatic hydroxyl groups excluding tert-OH is 1. The fraction of sp³-hybridized carbons (Fsp3) is 0.500. The largest absolute Gasteiger partial charge is 0.395 e. The van der Waals surface area contributed by atoms with Gasteiger partial charge in [-0.05, 0) is 31.5 Å². The van der Waals surface area contributed by atoms with Crippen LogP contribution < -0.4 is 5.32 Å². The maximum atomic E-state index is 11.9. The molecule has 0 fully saturated rings. The number of hydrogen-bond donors (Lipinski definition) is 2. The Hall–Kier alpha value is -1.39. The molecule has 1 amide bonds. The lowest BCUT2D eigenvalue weighted by atomic mass is 10.1. The summed E-state index contributed by atoms with van der Waals surface area (Å²) in [5, 5.41) is 11.8. The number of aliphatic hydroxyl groups is 1. The molecule has 0 radical (unpaired) electrons. The normalized spacial score (nSPS) is 10.7. The molecule has 2 N–H and O–H groups in total. The fourth-order valence-electron chi connectivity index (χ4n) is 1.88. The summed E-state index contributed by atoms with van der Waals surface area (Å²) in [5.41, 5.74) is 3.02. The standard InChI is InChI=1S/C14H22N2O2/c1-4-16(8-9-17)10-13(18)15-14-11(2)6-5-7-12(14)3/h5-7,17H,4,8-10H2,1-3H3,(H,15,18). The summed E-state index contributed by atoms with van der Waals surface area (Å²) in [6.45, 7) is 7.59. The van der Waals surface area contributed by atoms with E-state index in [1.54, 1.807) is 0 Å². The van der Waals surface area contributed by atoms with Crippen molar-refractivity contribution < 1.29 is 9.90 Å². The molecule has 0 heterocycles. The summed E-state index contributed by atoms with van der Waals surface area (Å²) in [6.07, 6.45) is 0. The molecule has 4 heteroatoms. The van der Waals surface area contributed by atoms with Crippen molar-refractivity contribution >= 4 is 11.6 Å². The van der Waals surface area contributed by atoms with Gasteiger partial charge in [-0.2, -0.15) is 0 Å². The SMILES string of the molecule is CCN(CCO)CC(=O)Nc1c(C)cccc1C. The van der Waals surface area contributed by atoms with Crippen molar-refractivity contribution in [1.82, 2.24) is 4.90 Å². The van der Waals surface area contributed by atoms with Gasteiger partial charge in [-0.3, -0.25) is 9.69 Å². The zero-order valence-corrected chi connectivity index (χ0v) is 11.4. The predicted molar refractivity (Wildman–Crippen MR) is 73.7 cm³/mol. The van der Waals surface area contributed by atoms with Crippen LogP contribution in [0.1, 0.15) is 18.1 Å². The highest BCUT2D eigenvalue weighted by atomic mass is 16.3. The van der Waals surface area contributed by atoms with Crippen molar-refractivity contribution in [3.63, 3.8) is 0 Å². The third kappa shape index (κ3) is 4.13. The van der Waals surface area contributed by atoms with Crippen molar-refractivity contribution in [1.29, 1.82) is 0 Å². The number of carbonyl (C=O) groups is 1. The minimum Gasteiger partial charge on any atom is -0.395 e. The van der Waals surface area contributed by atoms with Gasteiger partial charge < -0.3 is 10.4 Å². The second-order valence-corrected chi connectivity index (χ2v) is 4.41. The molecule has 18 heavy (non-hydrogen) atoms. The lowest BCUT2D eigenvalue weighted by molar-refractivity contribution is -0.117. The van der Waals surface area contributed by atoms with Crippen LogP contribution >= 0.6 is 0 Å². The second kappa shape index (κ2) is 7.13. The summed E-state index contributed by atoms with van der Waals surface area (Å²) in [7, 11) is 0. The summed E-state index contributed by atoms with van der Waals surface area (Å²) in [4.78, 5) is 13.8. The van der Waals surface area contributed by atoms with E-state index < -0.39 is 0 Å². The fourth-order valence-corrected chi connectivity index (χ4v) is 1.88. The topological polar surface area (TPSA) is 52.6 Å². The Morgan fingerprint density at radius 1 is 1.33 bits per heavy atom. The van der Waals surface area contributed by atoms with Gasteiger partial charge in [0.15, 0.2) is 0 Å². The molecule has 0 bridgehead atoms. The average molecular weight is 250 g/mol. The summed E-state index contributed by atoms with van der Waals surface area (Å²) >= 11 is 0. The molecule has 0 atom stereocenters. The van der Waals surface area contributed by atoms with E-state index in [1.807, 2.05) is 43.9 Å². The Morgan fingerprint density at radius 3 is 2.44 bits per heavy atom. The van der Waals surface area contributed by atoms with Crippen LogP contribution in [0.3, 0.4) is 0 Å². The highest BCUT2D eigenvalue weighted by Gasteiger charge is 2.10. The van der Waals surface area contributed by atoms with E-state index in [9.17, 15) is 4.79 Å². The van der Waals surface area contributed by atoms with E-state index in [1.165, 1.54) is 0 Å². The van der Waals surface area contributed by atoms with Crippen LogP contribution in [0.2, 0.25) is 0 Å². The molecule has 0 aliphatic carbocycles. The van der Waals surface area contributed by atoms with Gasteiger partial charge in [-0.15, -0.1) is 0 Å². The molecule has 0 aromatic heterocycles. The number of amides is 1. The second-order valence-electron chi connectivity index (χ2n) is 4.41. The Balaban J connectivity index is 2.64. The first-order valence-corrected chi connectivity index (χ1v) is 6.27. The number of aryl methyl sites for hydroxylation is 2. The minimum absolute atomic E-state index is 0.0392. The van der Waals surface area contributed by atoms with Gasteiger partial charge in [0.2, 0.25) is 5.91 Å². The van der Waals surface area contributed by atoms with E-state index in [2.05, 4.69) is 5.32 Å². The Kier molecular flexibility index (Phi) is 5.82. The molecule has 0 spiro atoms. The molecule has 1 rings (SSSR count). The molecule has 100 valence electrons. The quantitative estimate of drug-likeness (QED) is 0.805. The van der Waals surface area contributed by atoms with E-state index in [0.717, 1.165) is 23.4 Å². The molecular weight excluding hydrogens is 228 g/mol. The Bertz CT molecular complexity index is 385. The number of carbonyl (C=O) groups excluding carboxylic acids is 1. The average Bonchev–Trinajstić information content (AvgIpc) is 2.33. The number of hydrogen-bond acceptors (Lipinski definition) is 3. The van der Waals surface area contributed by atoms with Crippen LogP contribution in [-0.4, -0.2) is 42.2 Å². The van der Waals surface area contributed by atoms with Gasteiger partial charge in [0.1, 0.15) is 0 Å². The maximum absolute atomic E-state index is 11.9. The maximum Gasteiger partial charge on any atom is 0.238 e. The summed E-state index contributed by atoms with van der Waals surface area (Å²) in [6, 6.07) is 5.94. The van der Waals surface area contributed by atoms with Crippen LogP contribution in [0.5, 0.6) is 0 Å². The molecule has 4 nitrogen and oxygen atoms in total. The highest BCUT2D eigenvalue weighted by Crippen LogP contribution is 2.19. The van der Waals surface area contributed by atoms with Crippen LogP contribution in [0.4, 0.5) is 5.69 Å². The van der Waals surface area contributed by atoms with Crippen molar-refractivity contribution in [2.75, 3.05) is 31.6 Å². The van der Waals surface area contributed by atoms with E-state index in [0.29, 0.717) is 13.1 Å². The first-order chi connectivity index (χ1) is 8.58. The molecule has 0 saturated carbocycles. The number of anilines is 1. The third-order valence-corrected chi connectivity index (χ3v) is 2.98. The number of rotatable bonds is 6. The molecule has 0 unspecified atom stereocenters. The van der Waals surface area contributed by atoms with Gasteiger partial charge >= 0.3 is 0 Å². The zero-order valence-electron chi connectivity index (χ0n) is 11.4. The minimum atomic E-state index is -0.0392. The van der Waals surface area contributed by atoms with Crippen molar-refractivity contribution in [3.8, 4) is 0 Å². The first-order valence-electron chi connectivity index (χ1n) is 6.27. The molecule has 0 aliphatic rings. The molecule has 0 saturated heterocycles. The molecule has 1 aromatic carbocycles. The third-order valence-electron chi connectivity index (χ3n) is 2.98. The predicted octanol–water partition coefficient (Wildman–Crippen LogP) is 1.56. The summed E-state index contributed by atoms with van der Waals surface area (Å²) < 4.78 is 0. The number of nitrogens with one attached hydrogen (secondary N) is 1. The van der Waals surface area contributed by atoms with E-state index in [-0.39, 0.29) is 12.5 Å². The van der Waals surface area contributed by atoms with Crippen LogP contribution in [0.25, 0.3) is 0 Å². The van der Waals surface area contributed by atoms with Gasteiger partial charge in [0.05, 0.1) is 13.2 Å². The van der Waals surface area contributed by atoms with Gasteiger partial charge in [-0.1, -0.05) is 25.1 Å². The van der Waals surface area contributed by atoms with Gasteiger partial charge in [0, 0.05) is 12.2 Å². The highest BCUT2D eigenvalue weighted by molar-refractivity contribution is 5.93. The Labute approximate surface area is 109 Å². The van der Waals surface area contributed by atoms with Crippen molar-refractivity contribution in [2.24, 2.45) is 0 Å². The molecule has 1 aromatic rings. The summed E-state index contributed by atoms with van der Waals surface area (Å²) in [5.74, 6) is -0.0392. The van der Waals surface area contributed by atoms with Crippen molar-refractivity contribution in [2.45, 2.75) is 20.8 Å². The van der Waals surface area contributed by atoms with Gasteiger partial charge in [0.25, 0.3) is 0 Å². The van der Waals surface area contributed by atoms with Crippen molar-refractivity contribution in [3.05, 3.63) is 29.3 Å². The number of para-hydroxylation sites is 1. The number of benzene rings is 1. The van der Waals surface area contributed by atoms with Crippen LogP contribution in [0.15, 0.2) is 18.2 Å². The van der Waals surface area contributed by atoms with Crippen LogP contribution in [-0.2, 0) is 4.79 Å². The molecular formula is C14H22N2O2. The monoisotopic (exact) mass is 250 g/mol. The zero-order chi connectivity index (χ0) is 13.5. The van der Waals surface area contributed by atoms with E-state index >= 15 is 0 Å². The van der Waals surface area contributed by atoms with E-state index in [4.69, 9.17) is 5.11 Å². The van der Waals surface area contributed by atoms with Crippen LogP contribution in [0, 0.1) is 13.8 Å². The van der Waals surface area contributed by atoms with Gasteiger partial charge in [-0.25, -0.2) is 0 Å². The number of nitrogens with zero attached hydrogens (tertiary/aromatic N) is 1. The number of likely N-dealkylation sites (N-methyl/N-ethyl adjacent to an activating group) is 1. The lowest BCUT2D eigenvalue weighted by Crippen LogP contribution is -2.35. The first kappa shape index (κ1) is 14.7.